The predicted octanol–water partition coefficient (Wildman–Crippen LogP) is -0.0264. The largest absolute Gasteiger partial charge is 0.315 e. The molecule has 1 rings (SSSR count). The second-order valence-electron chi connectivity index (χ2n) is 1.54. The van der Waals surface area contributed by atoms with Crippen LogP contribution in [-0.2, 0) is 0 Å². The summed E-state index contributed by atoms with van der Waals surface area (Å²) < 4.78 is 11.9. The van der Waals surface area contributed by atoms with Crippen LogP contribution in [0.15, 0.2) is 0 Å². The molecule has 1 aliphatic heterocycles. The molecule has 0 amide bonds. The first-order valence-electron chi connectivity index (χ1n) is 2.01. The van der Waals surface area contributed by atoms with Gasteiger partial charge in [-0.25, -0.2) is 4.39 Å². The van der Waals surface area contributed by atoms with Crippen molar-refractivity contribution in [3.05, 3.63) is 0 Å². The van der Waals surface area contributed by atoms with Gasteiger partial charge in [0, 0.05) is 0 Å². The Morgan fingerprint density at radius 2 is 2.29 bits per heavy atom. The van der Waals surface area contributed by atoms with Crippen molar-refractivity contribution in [3.63, 3.8) is 0 Å². The number of hydrogen-bond donors (Lipinski definition) is 2. The Morgan fingerprint density at radius 1 is 1.71 bits per heavy atom. The number of hydrogen-bond acceptors (Lipinski definition) is 2. The molecule has 2 nitrogen and oxygen atoms in total. The van der Waals surface area contributed by atoms with E-state index in [1.807, 2.05) is 22.6 Å². The fourth-order valence-corrected chi connectivity index (χ4v) is 0.846. The highest BCUT2D eigenvalue weighted by atomic mass is 127. The molecule has 0 radical (unpaired) electrons. The van der Waals surface area contributed by atoms with Crippen molar-refractivity contribution in [1.29, 1.82) is 0 Å². The van der Waals surface area contributed by atoms with Gasteiger partial charge < -0.3 is 5.73 Å². The average molecular weight is 216 g/mol. The Balaban J connectivity index is 2.29. The summed E-state index contributed by atoms with van der Waals surface area (Å²) in [5, 5.41) is 2.46. The van der Waals surface area contributed by atoms with Gasteiger partial charge in [-0.15, -0.1) is 0 Å². The van der Waals surface area contributed by atoms with Crippen molar-refractivity contribution < 1.29 is 4.39 Å². The molecule has 1 saturated heterocycles. The molecule has 4 heteroatoms. The molecule has 3 atom stereocenters. The van der Waals surface area contributed by atoms with Gasteiger partial charge in [0.15, 0.2) is 6.30 Å². The first kappa shape index (κ1) is 5.71. The minimum Gasteiger partial charge on any atom is -0.315 e. The molecule has 0 spiro atoms. The van der Waals surface area contributed by atoms with E-state index in [0.717, 1.165) is 0 Å². The first-order chi connectivity index (χ1) is 3.22. The standard InChI is InChI=1S/C3H6FIN2/c4-2-1(5)3(6)7-2/h1-3,7H,6H2/t1-,2?,3?/m1/s1. The molecule has 1 heterocycles. The Labute approximate surface area is 54.8 Å². The van der Waals surface area contributed by atoms with Crippen LogP contribution >= 0.6 is 22.6 Å². The number of nitrogens with two attached hydrogens (primary N) is 1. The minimum atomic E-state index is -0.879. The molecule has 1 fully saturated rings. The van der Waals surface area contributed by atoms with Crippen LogP contribution in [0.2, 0.25) is 0 Å². The SMILES string of the molecule is NC1NC(F)[C@H]1I. The zero-order valence-corrected chi connectivity index (χ0v) is 5.72. The van der Waals surface area contributed by atoms with Crippen molar-refractivity contribution in [2.24, 2.45) is 5.73 Å². The van der Waals surface area contributed by atoms with Crippen molar-refractivity contribution in [1.82, 2.24) is 5.32 Å². The molecule has 0 aliphatic carbocycles. The van der Waals surface area contributed by atoms with Crippen LogP contribution in [0.25, 0.3) is 0 Å². The summed E-state index contributed by atoms with van der Waals surface area (Å²) in [5.74, 6) is 0. The molecule has 0 aromatic rings. The van der Waals surface area contributed by atoms with Gasteiger partial charge in [0.1, 0.15) is 0 Å². The molecule has 0 saturated carbocycles. The number of halogens is 2. The zero-order valence-electron chi connectivity index (χ0n) is 3.57. The zero-order chi connectivity index (χ0) is 5.44. The van der Waals surface area contributed by atoms with Crippen LogP contribution in [0, 0.1) is 0 Å². The van der Waals surface area contributed by atoms with E-state index < -0.39 is 6.30 Å². The van der Waals surface area contributed by atoms with Crippen LogP contribution in [0.4, 0.5) is 4.39 Å². The Kier molecular flexibility index (Phi) is 1.49. The van der Waals surface area contributed by atoms with E-state index in [9.17, 15) is 4.39 Å². The molecular weight excluding hydrogens is 210 g/mol. The monoisotopic (exact) mass is 216 g/mol. The Bertz CT molecular complexity index is 71.3. The van der Waals surface area contributed by atoms with Gasteiger partial charge in [0.25, 0.3) is 0 Å². The van der Waals surface area contributed by atoms with Gasteiger partial charge in [0.05, 0.1) is 10.1 Å². The average Bonchev–Trinajstić information content (AvgIpc) is 1.68. The topological polar surface area (TPSA) is 38.0 Å². The summed E-state index contributed by atoms with van der Waals surface area (Å²) in [4.78, 5) is 0. The van der Waals surface area contributed by atoms with Crippen LogP contribution in [0.3, 0.4) is 0 Å². The molecule has 0 aromatic heterocycles. The van der Waals surface area contributed by atoms with Crippen molar-refractivity contribution >= 4 is 22.6 Å². The van der Waals surface area contributed by atoms with E-state index >= 15 is 0 Å². The first-order valence-corrected chi connectivity index (χ1v) is 3.26. The second kappa shape index (κ2) is 1.83. The third kappa shape index (κ3) is 0.872. The van der Waals surface area contributed by atoms with Crippen LogP contribution in [-0.4, -0.2) is 16.4 Å². The number of rotatable bonds is 0. The molecule has 42 valence electrons. The summed E-state index contributed by atoms with van der Waals surface area (Å²) in [5.41, 5.74) is 5.25. The lowest BCUT2D eigenvalue weighted by molar-refractivity contribution is 0.148. The molecule has 0 aromatic carbocycles. The molecule has 0 bridgehead atoms. The Hall–Kier alpha value is 0.580. The van der Waals surface area contributed by atoms with Crippen molar-refractivity contribution in [2.75, 3.05) is 0 Å². The summed E-state index contributed by atoms with van der Waals surface area (Å²) in [6.07, 6.45) is -1.01. The van der Waals surface area contributed by atoms with Crippen LogP contribution in [0.5, 0.6) is 0 Å². The van der Waals surface area contributed by atoms with Crippen LogP contribution in [0.1, 0.15) is 0 Å². The second-order valence-corrected chi connectivity index (χ2v) is 2.98. The molecule has 3 N–H and O–H groups in total. The van der Waals surface area contributed by atoms with E-state index in [0.29, 0.717) is 0 Å². The number of alkyl halides is 2. The van der Waals surface area contributed by atoms with Gasteiger partial charge in [-0.2, -0.15) is 0 Å². The summed E-state index contributed by atoms with van der Waals surface area (Å²) in [6.45, 7) is 0. The van der Waals surface area contributed by atoms with E-state index in [1.54, 1.807) is 0 Å². The highest BCUT2D eigenvalue weighted by Gasteiger charge is 2.35. The maximum atomic E-state index is 12.0. The highest BCUT2D eigenvalue weighted by Crippen LogP contribution is 2.18. The highest BCUT2D eigenvalue weighted by molar-refractivity contribution is 14.1. The van der Waals surface area contributed by atoms with Gasteiger partial charge >= 0.3 is 0 Å². The third-order valence-electron chi connectivity index (χ3n) is 0.974. The lowest BCUT2D eigenvalue weighted by Crippen LogP contribution is -2.64. The van der Waals surface area contributed by atoms with Gasteiger partial charge in [0.2, 0.25) is 0 Å². The van der Waals surface area contributed by atoms with Crippen molar-refractivity contribution in [2.45, 2.75) is 16.4 Å². The third-order valence-corrected chi connectivity index (χ3v) is 2.38. The quantitative estimate of drug-likeness (QED) is 0.339. The fraction of sp³-hybridized carbons (Fsp3) is 1.00. The van der Waals surface area contributed by atoms with E-state index in [1.165, 1.54) is 0 Å². The summed E-state index contributed by atoms with van der Waals surface area (Å²) in [7, 11) is 0. The lowest BCUT2D eigenvalue weighted by Gasteiger charge is -2.34. The molecular formula is C3H6FIN2. The van der Waals surface area contributed by atoms with Crippen molar-refractivity contribution in [3.8, 4) is 0 Å². The van der Waals surface area contributed by atoms with E-state index in [4.69, 9.17) is 5.73 Å². The summed E-state index contributed by atoms with van der Waals surface area (Å²) in [6, 6.07) is 0. The predicted molar refractivity (Wildman–Crippen MR) is 33.8 cm³/mol. The van der Waals surface area contributed by atoms with Crippen LogP contribution < -0.4 is 11.1 Å². The normalized spacial score (nSPS) is 51.0. The lowest BCUT2D eigenvalue weighted by atomic mass is 10.2. The molecule has 7 heavy (non-hydrogen) atoms. The van der Waals surface area contributed by atoms with E-state index in [2.05, 4.69) is 5.32 Å². The Morgan fingerprint density at radius 3 is 2.29 bits per heavy atom. The van der Waals surface area contributed by atoms with Gasteiger partial charge in [-0.3, -0.25) is 5.32 Å². The minimum absolute atomic E-state index is 0.0300. The molecule has 1 aliphatic rings. The molecule has 2 unspecified atom stereocenters. The summed E-state index contributed by atoms with van der Waals surface area (Å²) >= 11 is 1.98. The number of nitrogens with one attached hydrogen (secondary N) is 1. The smallest absolute Gasteiger partial charge is 0.167 e. The van der Waals surface area contributed by atoms with Gasteiger partial charge in [-0.1, -0.05) is 22.6 Å². The maximum absolute atomic E-state index is 12.0. The van der Waals surface area contributed by atoms with E-state index in [-0.39, 0.29) is 10.1 Å². The fourth-order valence-electron chi connectivity index (χ4n) is 0.431. The van der Waals surface area contributed by atoms with Gasteiger partial charge in [-0.05, 0) is 0 Å². The maximum Gasteiger partial charge on any atom is 0.167 e.